The van der Waals surface area contributed by atoms with Crippen LogP contribution in [0.2, 0.25) is 0 Å². The van der Waals surface area contributed by atoms with Crippen molar-refractivity contribution in [2.45, 2.75) is 51.1 Å². The molecule has 0 radical (unpaired) electrons. The highest BCUT2D eigenvalue weighted by atomic mass is 32.1. The monoisotopic (exact) mass is 310 g/mol. The Balaban J connectivity index is 1.64. The predicted molar refractivity (Wildman–Crippen MR) is 77.3 cm³/mol. The quantitative estimate of drug-likeness (QED) is 0.891. The van der Waals surface area contributed by atoms with Crippen LogP contribution in [-0.2, 0) is 4.79 Å². The standard InChI is InChI=1S/C13H18N4O3S/c1-7-15-16-12(21-7)14-13(20)17-9-2-3-10(17)5-8(4-9)6-11(18)19/h8-10H,2-6H2,1H3,(H,18,19)(H,14,16,20). The summed E-state index contributed by atoms with van der Waals surface area (Å²) in [6, 6.07) is 0.177. The minimum atomic E-state index is -0.748. The Morgan fingerprint density at radius 3 is 2.52 bits per heavy atom. The summed E-state index contributed by atoms with van der Waals surface area (Å²) >= 11 is 1.35. The second-order valence-electron chi connectivity index (χ2n) is 5.78. The number of urea groups is 1. The third-order valence-electron chi connectivity index (χ3n) is 4.27. The van der Waals surface area contributed by atoms with Crippen LogP contribution in [0.5, 0.6) is 0 Å². The minimum Gasteiger partial charge on any atom is -0.481 e. The first-order chi connectivity index (χ1) is 10.0. The number of aromatic nitrogens is 2. The number of fused-ring (bicyclic) bond motifs is 2. The van der Waals surface area contributed by atoms with Crippen molar-refractivity contribution in [3.05, 3.63) is 5.01 Å². The Morgan fingerprint density at radius 2 is 2.00 bits per heavy atom. The number of anilines is 1. The zero-order valence-electron chi connectivity index (χ0n) is 11.8. The average molecular weight is 310 g/mol. The molecule has 0 saturated carbocycles. The summed E-state index contributed by atoms with van der Waals surface area (Å²) in [6.45, 7) is 1.84. The Kier molecular flexibility index (Phi) is 3.79. The van der Waals surface area contributed by atoms with Crippen LogP contribution in [0, 0.1) is 12.8 Å². The van der Waals surface area contributed by atoms with Gasteiger partial charge in [-0.2, -0.15) is 0 Å². The Bertz CT molecular complexity index is 547. The largest absolute Gasteiger partial charge is 0.481 e. The summed E-state index contributed by atoms with van der Waals surface area (Å²) in [4.78, 5) is 25.1. The minimum absolute atomic E-state index is 0.132. The fraction of sp³-hybridized carbons (Fsp3) is 0.692. The Hall–Kier alpha value is -1.70. The van der Waals surface area contributed by atoms with E-state index in [4.69, 9.17) is 5.11 Å². The van der Waals surface area contributed by atoms with Crippen LogP contribution in [0.25, 0.3) is 0 Å². The summed E-state index contributed by atoms with van der Waals surface area (Å²) in [5, 5.41) is 20.9. The fourth-order valence-corrected chi connectivity index (χ4v) is 4.12. The third-order valence-corrected chi connectivity index (χ3v) is 5.02. The van der Waals surface area contributed by atoms with Crippen molar-refractivity contribution in [3.63, 3.8) is 0 Å². The maximum absolute atomic E-state index is 12.4. The molecule has 2 aliphatic heterocycles. The van der Waals surface area contributed by atoms with Gasteiger partial charge in [0.05, 0.1) is 0 Å². The van der Waals surface area contributed by atoms with Crippen molar-refractivity contribution in [1.29, 1.82) is 0 Å². The molecule has 1 aromatic rings. The molecule has 1 aromatic heterocycles. The number of aliphatic carboxylic acids is 1. The lowest BCUT2D eigenvalue weighted by Crippen LogP contribution is -2.48. The van der Waals surface area contributed by atoms with E-state index in [2.05, 4.69) is 15.5 Å². The van der Waals surface area contributed by atoms with Crippen LogP contribution in [0.15, 0.2) is 0 Å². The van der Waals surface area contributed by atoms with Crippen LogP contribution >= 0.6 is 11.3 Å². The number of hydrogen-bond acceptors (Lipinski definition) is 5. The van der Waals surface area contributed by atoms with E-state index in [1.54, 1.807) is 0 Å². The summed E-state index contributed by atoms with van der Waals surface area (Å²) in [5.74, 6) is -0.561. The molecular weight excluding hydrogens is 292 g/mol. The number of piperidine rings is 1. The topological polar surface area (TPSA) is 95.4 Å². The molecule has 3 rings (SSSR count). The molecule has 2 bridgehead atoms. The lowest BCUT2D eigenvalue weighted by molar-refractivity contribution is -0.138. The summed E-state index contributed by atoms with van der Waals surface area (Å²) in [6.07, 6.45) is 3.70. The molecule has 2 saturated heterocycles. The zero-order valence-corrected chi connectivity index (χ0v) is 12.6. The normalized spacial score (nSPS) is 27.7. The molecule has 3 heterocycles. The van der Waals surface area contributed by atoms with E-state index in [0.29, 0.717) is 5.13 Å². The predicted octanol–water partition coefficient (Wildman–Crippen LogP) is 2.10. The molecule has 0 spiro atoms. The van der Waals surface area contributed by atoms with Gasteiger partial charge >= 0.3 is 12.0 Å². The van der Waals surface area contributed by atoms with Crippen LogP contribution in [-0.4, -0.2) is 44.3 Å². The van der Waals surface area contributed by atoms with Crippen molar-refractivity contribution in [2.75, 3.05) is 5.32 Å². The first-order valence-corrected chi connectivity index (χ1v) is 7.96. The zero-order chi connectivity index (χ0) is 15.0. The number of nitrogens with one attached hydrogen (secondary N) is 1. The first kappa shape index (κ1) is 14.2. The second kappa shape index (κ2) is 5.59. The van der Waals surface area contributed by atoms with Gasteiger partial charge in [-0.15, -0.1) is 10.2 Å². The number of amides is 2. The molecule has 7 nitrogen and oxygen atoms in total. The van der Waals surface area contributed by atoms with E-state index in [1.165, 1.54) is 11.3 Å². The van der Waals surface area contributed by atoms with E-state index in [-0.39, 0.29) is 30.5 Å². The molecule has 114 valence electrons. The van der Waals surface area contributed by atoms with E-state index in [1.807, 2.05) is 11.8 Å². The molecule has 2 unspecified atom stereocenters. The maximum atomic E-state index is 12.4. The van der Waals surface area contributed by atoms with Gasteiger partial charge in [0.2, 0.25) is 5.13 Å². The number of carbonyl (C=O) groups excluding carboxylic acids is 1. The average Bonchev–Trinajstić information content (AvgIpc) is 2.91. The van der Waals surface area contributed by atoms with E-state index < -0.39 is 5.97 Å². The number of carboxylic acids is 1. The van der Waals surface area contributed by atoms with Gasteiger partial charge in [-0.05, 0) is 38.5 Å². The third kappa shape index (κ3) is 2.99. The summed E-state index contributed by atoms with van der Waals surface area (Å²) in [7, 11) is 0. The van der Waals surface area contributed by atoms with Crippen molar-refractivity contribution < 1.29 is 14.7 Å². The molecule has 2 amide bonds. The fourth-order valence-electron chi connectivity index (χ4n) is 3.54. The Morgan fingerprint density at radius 1 is 1.33 bits per heavy atom. The molecular formula is C13H18N4O3S. The van der Waals surface area contributed by atoms with Crippen LogP contribution in [0.4, 0.5) is 9.93 Å². The van der Waals surface area contributed by atoms with E-state index >= 15 is 0 Å². The molecule has 21 heavy (non-hydrogen) atoms. The SMILES string of the molecule is Cc1nnc(NC(=O)N2C3CCC2CC(CC(=O)O)C3)s1. The lowest BCUT2D eigenvalue weighted by atomic mass is 9.88. The molecule has 2 N–H and O–H groups in total. The van der Waals surface area contributed by atoms with Crippen molar-refractivity contribution in [2.24, 2.45) is 5.92 Å². The van der Waals surface area contributed by atoms with Crippen LogP contribution in [0.3, 0.4) is 0 Å². The van der Waals surface area contributed by atoms with Gasteiger partial charge in [-0.3, -0.25) is 10.1 Å². The summed E-state index contributed by atoms with van der Waals surface area (Å²) in [5.41, 5.74) is 0. The van der Waals surface area contributed by atoms with Crippen LogP contribution < -0.4 is 5.32 Å². The number of carbonyl (C=O) groups is 2. The van der Waals surface area contributed by atoms with Gasteiger partial charge in [0.25, 0.3) is 0 Å². The van der Waals surface area contributed by atoms with E-state index in [0.717, 1.165) is 30.7 Å². The molecule has 2 aliphatic rings. The molecule has 0 aliphatic carbocycles. The number of carboxylic acid groups (broad SMARTS) is 1. The smallest absolute Gasteiger partial charge is 0.324 e. The van der Waals surface area contributed by atoms with Crippen molar-refractivity contribution in [1.82, 2.24) is 15.1 Å². The number of rotatable bonds is 3. The Labute approximate surface area is 126 Å². The highest BCUT2D eigenvalue weighted by molar-refractivity contribution is 7.15. The molecule has 2 atom stereocenters. The number of hydrogen-bond donors (Lipinski definition) is 2. The van der Waals surface area contributed by atoms with Gasteiger partial charge in [0, 0.05) is 18.5 Å². The highest BCUT2D eigenvalue weighted by Crippen LogP contribution is 2.40. The molecule has 2 fully saturated rings. The van der Waals surface area contributed by atoms with Crippen molar-refractivity contribution >= 4 is 28.5 Å². The van der Waals surface area contributed by atoms with Gasteiger partial charge in [-0.1, -0.05) is 11.3 Å². The number of aryl methyl sites for hydroxylation is 1. The second-order valence-corrected chi connectivity index (χ2v) is 6.97. The van der Waals surface area contributed by atoms with Crippen LogP contribution in [0.1, 0.15) is 37.1 Å². The maximum Gasteiger partial charge on any atom is 0.324 e. The number of nitrogens with zero attached hydrogens (tertiary/aromatic N) is 3. The van der Waals surface area contributed by atoms with Gasteiger partial charge in [0.15, 0.2) is 0 Å². The molecule has 0 aromatic carbocycles. The van der Waals surface area contributed by atoms with E-state index in [9.17, 15) is 9.59 Å². The summed E-state index contributed by atoms with van der Waals surface area (Å²) < 4.78 is 0. The highest BCUT2D eigenvalue weighted by Gasteiger charge is 2.43. The van der Waals surface area contributed by atoms with Gasteiger partial charge in [-0.25, -0.2) is 4.79 Å². The lowest BCUT2D eigenvalue weighted by Gasteiger charge is -2.38. The van der Waals surface area contributed by atoms with Crippen molar-refractivity contribution in [3.8, 4) is 0 Å². The van der Waals surface area contributed by atoms with Gasteiger partial charge < -0.3 is 10.0 Å². The first-order valence-electron chi connectivity index (χ1n) is 7.14. The van der Waals surface area contributed by atoms with Gasteiger partial charge in [0.1, 0.15) is 5.01 Å². The molecule has 8 heteroatoms.